The normalized spacial score (nSPS) is 9.74. The van der Waals surface area contributed by atoms with Crippen molar-refractivity contribution < 1.29 is 0 Å². The third-order valence-electron chi connectivity index (χ3n) is 3.31. The van der Waals surface area contributed by atoms with Crippen LogP contribution in [-0.2, 0) is 0 Å². The van der Waals surface area contributed by atoms with Crippen molar-refractivity contribution in [3.8, 4) is 10.4 Å². The number of nitrogen functional groups attached to an aromatic ring is 2. The molecule has 0 spiro atoms. The van der Waals surface area contributed by atoms with E-state index in [9.17, 15) is 0 Å². The summed E-state index contributed by atoms with van der Waals surface area (Å²) in [5.74, 6) is 0.152. The SMILES string of the molecule is Cl.Cl.N=C(N)c1ccc(-c2cc3cc(C(=N)N)ccc3s2)cc1. The number of fused-ring (bicyclic) bond motifs is 1. The first-order valence-electron chi connectivity index (χ1n) is 6.37. The largest absolute Gasteiger partial charge is 0.384 e. The molecule has 120 valence electrons. The Kier molecular flexibility index (Phi) is 6.15. The number of rotatable bonds is 3. The van der Waals surface area contributed by atoms with Crippen molar-refractivity contribution in [3.05, 3.63) is 59.7 Å². The van der Waals surface area contributed by atoms with Crippen LogP contribution in [-0.4, -0.2) is 11.7 Å². The minimum absolute atomic E-state index is 0. The molecule has 1 aromatic heterocycles. The van der Waals surface area contributed by atoms with Crippen LogP contribution in [0.4, 0.5) is 0 Å². The summed E-state index contributed by atoms with van der Waals surface area (Å²) in [6.45, 7) is 0. The molecule has 0 saturated carbocycles. The molecule has 6 N–H and O–H groups in total. The van der Waals surface area contributed by atoms with Crippen LogP contribution >= 0.6 is 36.2 Å². The summed E-state index contributed by atoms with van der Waals surface area (Å²) >= 11 is 1.69. The van der Waals surface area contributed by atoms with E-state index in [0.717, 1.165) is 31.7 Å². The Morgan fingerprint density at radius 2 is 1.35 bits per heavy atom. The van der Waals surface area contributed by atoms with Crippen LogP contribution < -0.4 is 11.5 Å². The van der Waals surface area contributed by atoms with E-state index in [-0.39, 0.29) is 36.5 Å². The number of hydrogen-bond donors (Lipinski definition) is 4. The third kappa shape index (κ3) is 3.82. The molecule has 3 aromatic rings. The molecule has 0 unspecified atom stereocenters. The maximum atomic E-state index is 7.49. The fourth-order valence-corrected chi connectivity index (χ4v) is 3.22. The molecule has 0 amide bonds. The molecule has 1 heterocycles. The summed E-state index contributed by atoms with van der Waals surface area (Å²) in [6.07, 6.45) is 0. The quantitative estimate of drug-likeness (QED) is 0.416. The van der Waals surface area contributed by atoms with Gasteiger partial charge in [0.05, 0.1) is 0 Å². The van der Waals surface area contributed by atoms with Crippen LogP contribution in [0, 0.1) is 10.8 Å². The zero-order chi connectivity index (χ0) is 15.0. The minimum atomic E-state index is 0. The van der Waals surface area contributed by atoms with Gasteiger partial charge in [0, 0.05) is 20.7 Å². The summed E-state index contributed by atoms with van der Waals surface area (Å²) in [4.78, 5) is 1.14. The van der Waals surface area contributed by atoms with Gasteiger partial charge in [0.25, 0.3) is 0 Å². The van der Waals surface area contributed by atoms with Gasteiger partial charge in [-0.15, -0.1) is 36.2 Å². The third-order valence-corrected chi connectivity index (χ3v) is 4.47. The van der Waals surface area contributed by atoms with Crippen LogP contribution in [0.25, 0.3) is 20.5 Å². The molecule has 23 heavy (non-hydrogen) atoms. The van der Waals surface area contributed by atoms with E-state index in [1.54, 1.807) is 11.3 Å². The van der Waals surface area contributed by atoms with Gasteiger partial charge in [0.2, 0.25) is 0 Å². The smallest absolute Gasteiger partial charge is 0.122 e. The van der Waals surface area contributed by atoms with E-state index in [0.29, 0.717) is 0 Å². The van der Waals surface area contributed by atoms with E-state index in [1.165, 1.54) is 0 Å². The van der Waals surface area contributed by atoms with Gasteiger partial charge in [0.1, 0.15) is 11.7 Å². The molecular weight excluding hydrogens is 351 g/mol. The Morgan fingerprint density at radius 3 is 1.91 bits per heavy atom. The summed E-state index contributed by atoms with van der Waals surface area (Å²) in [5.41, 5.74) is 13.5. The van der Waals surface area contributed by atoms with Crippen molar-refractivity contribution in [1.82, 2.24) is 0 Å². The van der Waals surface area contributed by atoms with Crippen LogP contribution in [0.15, 0.2) is 48.5 Å². The topological polar surface area (TPSA) is 99.7 Å². The summed E-state index contributed by atoms with van der Waals surface area (Å²) in [5, 5.41) is 16.0. The van der Waals surface area contributed by atoms with E-state index in [1.807, 2.05) is 42.5 Å². The van der Waals surface area contributed by atoms with Gasteiger partial charge in [0.15, 0.2) is 0 Å². The van der Waals surface area contributed by atoms with E-state index in [2.05, 4.69) is 6.07 Å². The molecule has 7 heteroatoms. The highest BCUT2D eigenvalue weighted by molar-refractivity contribution is 7.22. The molecule has 0 aliphatic rings. The zero-order valence-electron chi connectivity index (χ0n) is 12.0. The van der Waals surface area contributed by atoms with Gasteiger partial charge in [-0.2, -0.15) is 0 Å². The fourth-order valence-electron chi connectivity index (χ4n) is 2.17. The highest BCUT2D eigenvalue weighted by Crippen LogP contribution is 2.34. The van der Waals surface area contributed by atoms with Crippen LogP contribution in [0.1, 0.15) is 11.1 Å². The second-order valence-corrected chi connectivity index (χ2v) is 5.85. The van der Waals surface area contributed by atoms with Gasteiger partial charge in [-0.3, -0.25) is 10.8 Å². The number of nitrogens with one attached hydrogen (secondary N) is 2. The molecule has 0 fully saturated rings. The average molecular weight is 367 g/mol. The van der Waals surface area contributed by atoms with Crippen molar-refractivity contribution in [1.29, 1.82) is 10.8 Å². The van der Waals surface area contributed by atoms with Crippen molar-refractivity contribution in [2.24, 2.45) is 11.5 Å². The first-order chi connectivity index (χ1) is 10.0. The van der Waals surface area contributed by atoms with Crippen LogP contribution in [0.2, 0.25) is 0 Å². The number of nitrogens with two attached hydrogens (primary N) is 2. The lowest BCUT2D eigenvalue weighted by molar-refractivity contribution is 1.43. The van der Waals surface area contributed by atoms with Crippen molar-refractivity contribution in [3.63, 3.8) is 0 Å². The van der Waals surface area contributed by atoms with Crippen molar-refractivity contribution >= 4 is 57.9 Å². The Hall–Kier alpha value is -2.08. The van der Waals surface area contributed by atoms with Gasteiger partial charge in [-0.25, -0.2) is 0 Å². The predicted octanol–water partition coefficient (Wildman–Crippen LogP) is 3.98. The lowest BCUT2D eigenvalue weighted by Gasteiger charge is -2.00. The zero-order valence-corrected chi connectivity index (χ0v) is 14.4. The van der Waals surface area contributed by atoms with E-state index in [4.69, 9.17) is 22.3 Å². The van der Waals surface area contributed by atoms with Gasteiger partial charge in [-0.05, 0) is 35.2 Å². The number of hydrogen-bond acceptors (Lipinski definition) is 3. The first-order valence-corrected chi connectivity index (χ1v) is 7.19. The summed E-state index contributed by atoms with van der Waals surface area (Å²) in [6, 6.07) is 15.5. The van der Waals surface area contributed by atoms with Gasteiger partial charge >= 0.3 is 0 Å². The standard InChI is InChI=1S/C16H14N4S.2ClH/c17-15(18)10-3-1-9(2-4-10)14-8-12-7-11(16(19)20)5-6-13(12)21-14;;/h1-8H,(H3,17,18)(H3,19,20);2*1H. The molecular formula is C16H16Cl2N4S. The Labute approximate surface area is 150 Å². The average Bonchev–Trinajstić information content (AvgIpc) is 2.90. The lowest BCUT2D eigenvalue weighted by atomic mass is 10.1. The van der Waals surface area contributed by atoms with Crippen LogP contribution in [0.5, 0.6) is 0 Å². The molecule has 0 bridgehead atoms. The van der Waals surface area contributed by atoms with Crippen LogP contribution in [0.3, 0.4) is 0 Å². The maximum absolute atomic E-state index is 7.49. The Bertz CT molecular complexity index is 856. The van der Waals surface area contributed by atoms with E-state index < -0.39 is 0 Å². The first kappa shape index (κ1) is 19.0. The maximum Gasteiger partial charge on any atom is 0.122 e. The molecule has 0 atom stereocenters. The van der Waals surface area contributed by atoms with E-state index >= 15 is 0 Å². The second kappa shape index (κ2) is 7.46. The molecule has 0 aliphatic carbocycles. The predicted molar refractivity (Wildman–Crippen MR) is 104 cm³/mol. The molecule has 2 aromatic carbocycles. The Balaban J connectivity index is 0.00000132. The van der Waals surface area contributed by atoms with Gasteiger partial charge < -0.3 is 11.5 Å². The number of thiophene rings is 1. The van der Waals surface area contributed by atoms with Gasteiger partial charge in [-0.1, -0.05) is 24.3 Å². The lowest BCUT2D eigenvalue weighted by Crippen LogP contribution is -2.10. The molecule has 0 aliphatic heterocycles. The summed E-state index contributed by atoms with van der Waals surface area (Å²) in [7, 11) is 0. The highest BCUT2D eigenvalue weighted by atomic mass is 35.5. The fraction of sp³-hybridized carbons (Fsp3) is 0. The molecule has 4 nitrogen and oxygen atoms in total. The Morgan fingerprint density at radius 1 is 0.783 bits per heavy atom. The second-order valence-electron chi connectivity index (χ2n) is 4.77. The molecule has 0 saturated heterocycles. The van der Waals surface area contributed by atoms with Crippen molar-refractivity contribution in [2.45, 2.75) is 0 Å². The monoisotopic (exact) mass is 366 g/mol. The highest BCUT2D eigenvalue weighted by Gasteiger charge is 2.06. The number of halogens is 2. The molecule has 3 rings (SSSR count). The summed E-state index contributed by atoms with van der Waals surface area (Å²) < 4.78 is 1.16. The number of benzene rings is 2. The molecule has 0 radical (unpaired) electrons. The van der Waals surface area contributed by atoms with Crippen molar-refractivity contribution in [2.75, 3.05) is 0 Å². The number of amidine groups is 2. The minimum Gasteiger partial charge on any atom is -0.384 e.